The van der Waals surface area contributed by atoms with Crippen molar-refractivity contribution in [2.45, 2.75) is 23.7 Å². The number of methoxy groups -OCH3 is 2. The Morgan fingerprint density at radius 3 is 2.47 bits per heavy atom. The average molecular weight is 454 g/mol. The van der Waals surface area contributed by atoms with Crippen molar-refractivity contribution in [1.82, 2.24) is 29.8 Å². The number of hydrogen-bond donors (Lipinski definition) is 0. The molecule has 1 aliphatic rings. The van der Waals surface area contributed by atoms with E-state index >= 15 is 0 Å². The van der Waals surface area contributed by atoms with Crippen LogP contribution in [0.15, 0.2) is 40.8 Å². The molecule has 4 rings (SSSR count). The van der Waals surface area contributed by atoms with Gasteiger partial charge in [0.25, 0.3) is 0 Å². The number of benzene rings is 1. The van der Waals surface area contributed by atoms with Gasteiger partial charge in [-0.05, 0) is 43.1 Å². The molecule has 0 atom stereocenters. The van der Waals surface area contributed by atoms with Crippen LogP contribution < -0.4 is 14.4 Å². The molecule has 0 bridgehead atoms. The predicted octanol–water partition coefficient (Wildman–Crippen LogP) is 2.81. The van der Waals surface area contributed by atoms with Crippen molar-refractivity contribution in [3.63, 3.8) is 0 Å². The fourth-order valence-corrected chi connectivity index (χ4v) is 4.07. The highest BCUT2D eigenvalue weighted by molar-refractivity contribution is 7.99. The van der Waals surface area contributed by atoms with Gasteiger partial charge in [0.2, 0.25) is 11.1 Å². The minimum Gasteiger partial charge on any atom is -0.497 e. The molecule has 3 heterocycles. The third kappa shape index (κ3) is 5.08. The molecule has 168 valence electrons. The summed E-state index contributed by atoms with van der Waals surface area (Å²) in [5.74, 6) is 2.93. The molecule has 1 aromatic carbocycles. The first-order valence-electron chi connectivity index (χ1n) is 10.5. The van der Waals surface area contributed by atoms with E-state index in [-0.39, 0.29) is 0 Å². The van der Waals surface area contributed by atoms with Crippen LogP contribution in [0.3, 0.4) is 0 Å². The van der Waals surface area contributed by atoms with Gasteiger partial charge in [0, 0.05) is 44.4 Å². The van der Waals surface area contributed by atoms with E-state index < -0.39 is 0 Å². The second-order valence-electron chi connectivity index (χ2n) is 7.37. The Labute approximate surface area is 192 Å². The van der Waals surface area contributed by atoms with E-state index in [0.29, 0.717) is 16.1 Å². The van der Waals surface area contributed by atoms with Crippen LogP contribution in [0.1, 0.15) is 12.7 Å². The summed E-state index contributed by atoms with van der Waals surface area (Å²) in [5, 5.41) is 1.16. The molecule has 9 nitrogen and oxygen atoms in total. The Kier molecular flexibility index (Phi) is 7.01. The van der Waals surface area contributed by atoms with Crippen molar-refractivity contribution in [3.05, 3.63) is 36.3 Å². The van der Waals surface area contributed by atoms with Gasteiger partial charge < -0.3 is 19.3 Å². The Balaban J connectivity index is 1.62. The fraction of sp³-hybridized carbons (Fsp3) is 0.409. The van der Waals surface area contributed by atoms with Crippen LogP contribution >= 0.6 is 11.8 Å². The van der Waals surface area contributed by atoms with Gasteiger partial charge in [-0.3, -0.25) is 0 Å². The Morgan fingerprint density at radius 2 is 1.75 bits per heavy atom. The van der Waals surface area contributed by atoms with Gasteiger partial charge in [-0.25, -0.2) is 15.0 Å². The molecule has 3 aromatic rings. The predicted molar refractivity (Wildman–Crippen MR) is 124 cm³/mol. The number of aromatic nitrogens is 5. The SMILES string of the molecule is CCc1nc(Sc2nccc(-c3cc(OC)ccc3OC)n2)nc(N2CCN(C)CC2)n1. The number of piperazine rings is 1. The van der Waals surface area contributed by atoms with Gasteiger partial charge in [0.1, 0.15) is 17.3 Å². The van der Waals surface area contributed by atoms with E-state index in [1.165, 1.54) is 11.8 Å². The normalized spacial score (nSPS) is 14.4. The summed E-state index contributed by atoms with van der Waals surface area (Å²) in [5.41, 5.74) is 1.57. The van der Waals surface area contributed by atoms with E-state index in [4.69, 9.17) is 19.4 Å². The zero-order valence-electron chi connectivity index (χ0n) is 18.8. The van der Waals surface area contributed by atoms with E-state index in [1.54, 1.807) is 20.4 Å². The maximum Gasteiger partial charge on any atom is 0.229 e. The zero-order valence-corrected chi connectivity index (χ0v) is 19.6. The summed E-state index contributed by atoms with van der Waals surface area (Å²) >= 11 is 1.33. The minimum absolute atomic E-state index is 0.560. The summed E-state index contributed by atoms with van der Waals surface area (Å²) in [6.07, 6.45) is 2.46. The van der Waals surface area contributed by atoms with Crippen molar-refractivity contribution >= 4 is 17.7 Å². The molecule has 0 saturated carbocycles. The van der Waals surface area contributed by atoms with Crippen LogP contribution in [-0.4, -0.2) is 77.3 Å². The van der Waals surface area contributed by atoms with E-state index in [9.17, 15) is 0 Å². The first-order chi connectivity index (χ1) is 15.6. The molecule has 2 aromatic heterocycles. The molecule has 1 aliphatic heterocycles. The molecular weight excluding hydrogens is 426 g/mol. The summed E-state index contributed by atoms with van der Waals surface area (Å²) < 4.78 is 10.9. The maximum atomic E-state index is 5.51. The Bertz CT molecular complexity index is 1070. The molecule has 32 heavy (non-hydrogen) atoms. The first-order valence-corrected chi connectivity index (χ1v) is 11.3. The number of anilines is 1. The number of rotatable bonds is 7. The Hall–Kier alpha value is -2.98. The lowest BCUT2D eigenvalue weighted by Gasteiger charge is -2.32. The van der Waals surface area contributed by atoms with Crippen LogP contribution in [0.2, 0.25) is 0 Å². The summed E-state index contributed by atoms with van der Waals surface area (Å²) in [6.45, 7) is 5.82. The third-order valence-corrected chi connectivity index (χ3v) is 5.99. The maximum absolute atomic E-state index is 5.51. The van der Waals surface area contributed by atoms with Gasteiger partial charge >= 0.3 is 0 Å². The van der Waals surface area contributed by atoms with E-state index in [2.05, 4.69) is 31.8 Å². The lowest BCUT2D eigenvalue weighted by Crippen LogP contribution is -2.45. The molecule has 0 unspecified atom stereocenters. The number of hydrogen-bond acceptors (Lipinski definition) is 10. The first kappa shape index (κ1) is 22.2. The molecule has 0 spiro atoms. The quantitative estimate of drug-likeness (QED) is 0.498. The molecule has 0 amide bonds. The average Bonchev–Trinajstić information content (AvgIpc) is 2.84. The molecular formula is C22H27N7O2S. The lowest BCUT2D eigenvalue weighted by molar-refractivity contribution is 0.310. The molecule has 0 N–H and O–H groups in total. The topological polar surface area (TPSA) is 89.4 Å². The smallest absolute Gasteiger partial charge is 0.229 e. The fourth-order valence-electron chi connectivity index (χ4n) is 3.37. The van der Waals surface area contributed by atoms with Gasteiger partial charge in [-0.15, -0.1) is 0 Å². The lowest BCUT2D eigenvalue weighted by atomic mass is 10.1. The van der Waals surface area contributed by atoms with Crippen molar-refractivity contribution in [2.24, 2.45) is 0 Å². The van der Waals surface area contributed by atoms with Crippen molar-refractivity contribution in [3.8, 4) is 22.8 Å². The standard InChI is InChI=1S/C22H27N7O2S/c1-5-19-25-20(29-12-10-28(2)11-13-29)27-22(26-19)32-21-23-9-8-17(24-21)16-14-15(30-3)6-7-18(16)31-4/h6-9,14H,5,10-13H2,1-4H3. The molecule has 0 radical (unpaired) electrons. The van der Waals surface area contributed by atoms with Gasteiger partial charge in [-0.2, -0.15) is 9.97 Å². The summed E-state index contributed by atoms with van der Waals surface area (Å²) in [4.78, 5) is 27.6. The van der Waals surface area contributed by atoms with Crippen molar-refractivity contribution < 1.29 is 9.47 Å². The van der Waals surface area contributed by atoms with Gasteiger partial charge in [0.15, 0.2) is 5.16 Å². The number of nitrogens with zero attached hydrogens (tertiary/aromatic N) is 7. The number of likely N-dealkylation sites (N-methyl/N-ethyl adjacent to an activating group) is 1. The van der Waals surface area contributed by atoms with Crippen LogP contribution in [0.4, 0.5) is 5.95 Å². The molecule has 1 fully saturated rings. The van der Waals surface area contributed by atoms with Crippen LogP contribution in [0.5, 0.6) is 11.5 Å². The van der Waals surface area contributed by atoms with Crippen LogP contribution in [-0.2, 0) is 6.42 Å². The Morgan fingerprint density at radius 1 is 0.938 bits per heavy atom. The second kappa shape index (κ2) is 10.1. The highest BCUT2D eigenvalue weighted by Gasteiger charge is 2.19. The van der Waals surface area contributed by atoms with E-state index in [1.807, 2.05) is 31.2 Å². The van der Waals surface area contributed by atoms with Crippen LogP contribution in [0.25, 0.3) is 11.3 Å². The number of aryl methyl sites for hydroxylation is 1. The van der Waals surface area contributed by atoms with Crippen molar-refractivity contribution in [1.29, 1.82) is 0 Å². The highest BCUT2D eigenvalue weighted by atomic mass is 32.2. The summed E-state index contributed by atoms with van der Waals surface area (Å²) in [7, 11) is 5.40. The van der Waals surface area contributed by atoms with Gasteiger partial charge in [-0.1, -0.05) is 6.92 Å². The minimum atomic E-state index is 0.560. The van der Waals surface area contributed by atoms with Crippen LogP contribution in [0, 0.1) is 0 Å². The molecule has 0 aliphatic carbocycles. The summed E-state index contributed by atoms with van der Waals surface area (Å²) in [6, 6.07) is 7.47. The van der Waals surface area contributed by atoms with E-state index in [0.717, 1.165) is 61.4 Å². The zero-order chi connectivity index (χ0) is 22.5. The molecule has 10 heteroatoms. The van der Waals surface area contributed by atoms with Gasteiger partial charge in [0.05, 0.1) is 19.9 Å². The molecule has 1 saturated heterocycles. The third-order valence-electron chi connectivity index (χ3n) is 5.25. The largest absolute Gasteiger partial charge is 0.497 e. The second-order valence-corrected chi connectivity index (χ2v) is 8.31. The van der Waals surface area contributed by atoms with Crippen molar-refractivity contribution in [2.75, 3.05) is 52.3 Å². The highest BCUT2D eigenvalue weighted by Crippen LogP contribution is 2.33. The number of ether oxygens (including phenoxy) is 2. The monoisotopic (exact) mass is 453 g/mol.